The van der Waals surface area contributed by atoms with E-state index in [1.165, 1.54) is 12.1 Å². The minimum atomic E-state index is -0.307. The highest BCUT2D eigenvalue weighted by atomic mass is 19.1. The summed E-state index contributed by atoms with van der Waals surface area (Å²) in [6.07, 6.45) is 1.09. The van der Waals surface area contributed by atoms with E-state index in [2.05, 4.69) is 15.5 Å². The summed E-state index contributed by atoms with van der Waals surface area (Å²) in [5.41, 5.74) is 2.02. The number of hydrogen-bond donors (Lipinski definition) is 2. The van der Waals surface area contributed by atoms with E-state index >= 15 is 0 Å². The van der Waals surface area contributed by atoms with Gasteiger partial charge in [-0.3, -0.25) is 14.7 Å². The Kier molecular flexibility index (Phi) is 4.59. The second kappa shape index (κ2) is 6.82. The van der Waals surface area contributed by atoms with E-state index in [9.17, 15) is 14.0 Å². The van der Waals surface area contributed by atoms with Crippen LogP contribution in [0.5, 0.6) is 0 Å². The molecule has 2 aromatic rings. The van der Waals surface area contributed by atoms with Gasteiger partial charge < -0.3 is 10.2 Å². The maximum Gasteiger partial charge on any atom is 0.271 e. The van der Waals surface area contributed by atoms with Crippen LogP contribution in [0.4, 0.5) is 4.39 Å². The molecule has 1 atom stereocenters. The van der Waals surface area contributed by atoms with Gasteiger partial charge in [0.25, 0.3) is 5.91 Å². The Bertz CT molecular complexity index is 741. The molecule has 2 amide bonds. The Balaban J connectivity index is 1.60. The quantitative estimate of drug-likeness (QED) is 0.891. The number of amides is 2. The first-order chi connectivity index (χ1) is 11.6. The van der Waals surface area contributed by atoms with Crippen LogP contribution in [0.3, 0.4) is 0 Å². The maximum atomic E-state index is 12.9. The molecule has 1 aromatic carbocycles. The predicted octanol–water partition coefficient (Wildman–Crippen LogP) is 1.47. The molecule has 126 valence electrons. The second-order valence-electron chi connectivity index (χ2n) is 5.92. The van der Waals surface area contributed by atoms with E-state index in [-0.39, 0.29) is 30.0 Å². The van der Waals surface area contributed by atoms with Crippen molar-refractivity contribution in [3.8, 4) is 0 Å². The number of hydrogen-bond acceptors (Lipinski definition) is 3. The second-order valence-corrected chi connectivity index (χ2v) is 5.92. The minimum absolute atomic E-state index is 0.0233. The van der Waals surface area contributed by atoms with E-state index in [0.717, 1.165) is 17.7 Å². The first-order valence-corrected chi connectivity index (χ1v) is 7.86. The number of nitrogens with zero attached hydrogens (tertiary/aromatic N) is 2. The van der Waals surface area contributed by atoms with Gasteiger partial charge in [-0.05, 0) is 30.2 Å². The average molecular weight is 330 g/mol. The van der Waals surface area contributed by atoms with Crippen LogP contribution >= 0.6 is 0 Å². The number of likely N-dealkylation sites (tertiary alicyclic amines) is 1. The summed E-state index contributed by atoms with van der Waals surface area (Å²) < 4.78 is 12.9. The lowest BCUT2D eigenvalue weighted by atomic mass is 10.0. The van der Waals surface area contributed by atoms with Crippen molar-refractivity contribution in [2.24, 2.45) is 0 Å². The van der Waals surface area contributed by atoms with E-state index in [1.807, 2.05) is 0 Å². The van der Waals surface area contributed by atoms with Gasteiger partial charge in [-0.15, -0.1) is 0 Å². The molecule has 0 radical (unpaired) electrons. The number of nitrogens with one attached hydrogen (secondary N) is 2. The third-order valence-electron chi connectivity index (χ3n) is 4.31. The van der Waals surface area contributed by atoms with Crippen molar-refractivity contribution in [3.05, 3.63) is 53.1 Å². The lowest BCUT2D eigenvalue weighted by Crippen LogP contribution is -2.29. The molecule has 2 heterocycles. The number of carbonyl (C=O) groups excluding carboxylic acids is 2. The van der Waals surface area contributed by atoms with Crippen LogP contribution in [-0.4, -0.2) is 47.0 Å². The molecule has 1 aliphatic rings. The van der Waals surface area contributed by atoms with Crippen LogP contribution < -0.4 is 5.32 Å². The van der Waals surface area contributed by atoms with Crippen LogP contribution in [-0.2, 0) is 11.2 Å². The molecule has 1 fully saturated rings. The fourth-order valence-electron chi connectivity index (χ4n) is 2.92. The molecular formula is C17H19FN4O2. The Morgan fingerprint density at radius 3 is 2.83 bits per heavy atom. The lowest BCUT2D eigenvalue weighted by Gasteiger charge is -2.16. The van der Waals surface area contributed by atoms with Crippen LogP contribution in [0.2, 0.25) is 0 Å². The Hall–Kier alpha value is -2.70. The highest BCUT2D eigenvalue weighted by molar-refractivity contribution is 5.92. The molecule has 0 unspecified atom stereocenters. The van der Waals surface area contributed by atoms with E-state index in [4.69, 9.17) is 0 Å². The van der Waals surface area contributed by atoms with Gasteiger partial charge in [-0.2, -0.15) is 5.10 Å². The van der Waals surface area contributed by atoms with Crippen molar-refractivity contribution in [2.45, 2.75) is 18.8 Å². The largest absolute Gasteiger partial charge is 0.354 e. The van der Waals surface area contributed by atoms with Crippen LogP contribution in [0, 0.1) is 5.82 Å². The summed E-state index contributed by atoms with van der Waals surface area (Å²) in [5, 5.41) is 9.42. The summed E-state index contributed by atoms with van der Waals surface area (Å²) in [5.74, 6) is -0.374. The fourth-order valence-corrected chi connectivity index (χ4v) is 2.92. The molecule has 1 saturated heterocycles. The smallest absolute Gasteiger partial charge is 0.271 e. The highest BCUT2D eigenvalue weighted by Gasteiger charge is 2.28. The normalized spacial score (nSPS) is 17.1. The van der Waals surface area contributed by atoms with Gasteiger partial charge in [0.15, 0.2) is 0 Å². The third kappa shape index (κ3) is 3.45. The Labute approximate surface area is 139 Å². The van der Waals surface area contributed by atoms with Crippen LogP contribution in [0.15, 0.2) is 30.3 Å². The molecular weight excluding hydrogens is 311 g/mol. The molecule has 0 saturated carbocycles. The SMILES string of the molecule is CNC(=O)c1cc([C@H]2CCN(C(=O)Cc3ccc(F)cc3)C2)[nH]n1. The van der Waals surface area contributed by atoms with Gasteiger partial charge in [-0.1, -0.05) is 12.1 Å². The fraction of sp³-hybridized carbons (Fsp3) is 0.353. The van der Waals surface area contributed by atoms with Crippen molar-refractivity contribution < 1.29 is 14.0 Å². The number of H-pyrrole nitrogens is 1. The van der Waals surface area contributed by atoms with Gasteiger partial charge >= 0.3 is 0 Å². The summed E-state index contributed by atoms with van der Waals surface area (Å²) in [6, 6.07) is 7.72. The highest BCUT2D eigenvalue weighted by Crippen LogP contribution is 2.26. The molecule has 0 bridgehead atoms. The van der Waals surface area contributed by atoms with Crippen LogP contribution in [0.25, 0.3) is 0 Å². The number of benzene rings is 1. The third-order valence-corrected chi connectivity index (χ3v) is 4.31. The topological polar surface area (TPSA) is 78.1 Å². The van der Waals surface area contributed by atoms with Gasteiger partial charge in [0.1, 0.15) is 11.5 Å². The molecule has 1 aliphatic heterocycles. The predicted molar refractivity (Wildman–Crippen MR) is 86.0 cm³/mol. The zero-order chi connectivity index (χ0) is 17.1. The van der Waals surface area contributed by atoms with Gasteiger partial charge in [0.05, 0.1) is 6.42 Å². The zero-order valence-corrected chi connectivity index (χ0v) is 13.4. The number of aromatic nitrogens is 2. The molecule has 6 nitrogen and oxygen atoms in total. The average Bonchev–Trinajstić information content (AvgIpc) is 3.25. The van der Waals surface area contributed by atoms with E-state index < -0.39 is 0 Å². The molecule has 1 aromatic heterocycles. The number of halogens is 1. The zero-order valence-electron chi connectivity index (χ0n) is 13.4. The molecule has 24 heavy (non-hydrogen) atoms. The van der Waals surface area contributed by atoms with Crippen molar-refractivity contribution in [3.63, 3.8) is 0 Å². The number of carbonyl (C=O) groups is 2. The summed E-state index contributed by atoms with van der Waals surface area (Å²) >= 11 is 0. The Morgan fingerprint density at radius 2 is 2.12 bits per heavy atom. The van der Waals surface area contributed by atoms with E-state index in [1.54, 1.807) is 30.1 Å². The first kappa shape index (κ1) is 16.2. The van der Waals surface area contributed by atoms with Crippen LogP contribution in [0.1, 0.15) is 34.1 Å². The number of rotatable bonds is 4. The summed E-state index contributed by atoms with van der Waals surface area (Å²) in [6.45, 7) is 1.26. The molecule has 0 spiro atoms. The van der Waals surface area contributed by atoms with Crippen molar-refractivity contribution in [1.82, 2.24) is 20.4 Å². The Morgan fingerprint density at radius 1 is 1.38 bits per heavy atom. The monoisotopic (exact) mass is 330 g/mol. The summed E-state index contributed by atoms with van der Waals surface area (Å²) in [4.78, 5) is 25.7. The van der Waals surface area contributed by atoms with Gasteiger partial charge in [-0.25, -0.2) is 4.39 Å². The lowest BCUT2D eigenvalue weighted by molar-refractivity contribution is -0.129. The van der Waals surface area contributed by atoms with Gasteiger partial charge in [0.2, 0.25) is 5.91 Å². The first-order valence-electron chi connectivity index (χ1n) is 7.86. The molecule has 0 aliphatic carbocycles. The van der Waals surface area contributed by atoms with Crippen molar-refractivity contribution in [1.29, 1.82) is 0 Å². The molecule has 3 rings (SSSR count). The van der Waals surface area contributed by atoms with Gasteiger partial charge in [0, 0.05) is 31.7 Å². The van der Waals surface area contributed by atoms with Crippen molar-refractivity contribution >= 4 is 11.8 Å². The maximum absolute atomic E-state index is 12.9. The minimum Gasteiger partial charge on any atom is -0.354 e. The standard InChI is InChI=1S/C17H19FN4O2/c1-19-17(24)15-9-14(20-21-15)12-6-7-22(10-12)16(23)8-11-2-4-13(18)5-3-11/h2-5,9,12H,6-8,10H2,1H3,(H,19,24)(H,20,21)/t12-/m0/s1. The number of aromatic amines is 1. The van der Waals surface area contributed by atoms with Crippen molar-refractivity contribution in [2.75, 3.05) is 20.1 Å². The molecule has 7 heteroatoms. The molecule has 2 N–H and O–H groups in total. The van der Waals surface area contributed by atoms with E-state index in [0.29, 0.717) is 18.8 Å². The summed E-state index contributed by atoms with van der Waals surface area (Å²) in [7, 11) is 1.56.